The molecule has 0 spiro atoms. The van der Waals surface area contributed by atoms with Crippen molar-refractivity contribution in [1.29, 1.82) is 0 Å². The van der Waals surface area contributed by atoms with Crippen molar-refractivity contribution < 1.29 is 23.6 Å². The Bertz CT molecular complexity index is 811. The molecular formula is C16H13FN2O5S. The van der Waals surface area contributed by atoms with E-state index in [2.05, 4.69) is 5.32 Å². The van der Waals surface area contributed by atoms with Gasteiger partial charge >= 0.3 is 5.97 Å². The molecule has 0 fully saturated rings. The number of carbonyl (C=O) groups excluding carboxylic acids is 2. The second-order valence-corrected chi connectivity index (χ2v) is 5.65. The lowest BCUT2D eigenvalue weighted by molar-refractivity contribution is -0.384. The molecule has 0 unspecified atom stereocenters. The molecule has 130 valence electrons. The van der Waals surface area contributed by atoms with Crippen LogP contribution < -0.4 is 5.32 Å². The first kappa shape index (κ1) is 18.4. The monoisotopic (exact) mass is 364 g/mol. The number of amides is 1. The van der Waals surface area contributed by atoms with Crippen LogP contribution in [0.5, 0.6) is 0 Å². The number of esters is 1. The first-order valence-corrected chi connectivity index (χ1v) is 8.18. The quantitative estimate of drug-likeness (QED) is 0.366. The van der Waals surface area contributed by atoms with Gasteiger partial charge in [0.15, 0.2) is 6.61 Å². The minimum atomic E-state index is -0.835. The van der Waals surface area contributed by atoms with Gasteiger partial charge in [-0.15, -0.1) is 11.8 Å². The highest BCUT2D eigenvalue weighted by atomic mass is 32.2. The zero-order valence-corrected chi connectivity index (χ0v) is 13.8. The lowest BCUT2D eigenvalue weighted by atomic mass is 10.2. The molecule has 0 aliphatic rings. The van der Waals surface area contributed by atoms with Crippen LogP contribution in [0.15, 0.2) is 47.4 Å². The third kappa shape index (κ3) is 5.01. The summed E-state index contributed by atoms with van der Waals surface area (Å²) in [5, 5.41) is 12.8. The van der Waals surface area contributed by atoms with E-state index in [1.54, 1.807) is 24.3 Å². The average molecular weight is 364 g/mol. The average Bonchev–Trinajstić information content (AvgIpc) is 2.61. The molecule has 2 rings (SSSR count). The molecule has 0 bridgehead atoms. The lowest BCUT2D eigenvalue weighted by Crippen LogP contribution is -2.21. The largest absolute Gasteiger partial charge is 0.452 e. The summed E-state index contributed by atoms with van der Waals surface area (Å²) in [6.45, 7) is -0.648. The number of halogens is 1. The number of hydrogen-bond donors (Lipinski definition) is 1. The molecule has 1 amide bonds. The van der Waals surface area contributed by atoms with E-state index in [1.807, 2.05) is 6.26 Å². The lowest BCUT2D eigenvalue weighted by Gasteiger charge is -2.07. The molecule has 25 heavy (non-hydrogen) atoms. The zero-order valence-electron chi connectivity index (χ0n) is 13.0. The van der Waals surface area contributed by atoms with E-state index in [9.17, 15) is 24.1 Å². The maximum absolute atomic E-state index is 13.6. The van der Waals surface area contributed by atoms with Gasteiger partial charge in [-0.2, -0.15) is 0 Å². The highest BCUT2D eigenvalue weighted by Gasteiger charge is 2.15. The van der Waals surface area contributed by atoms with Crippen LogP contribution in [0.2, 0.25) is 0 Å². The summed E-state index contributed by atoms with van der Waals surface area (Å²) in [4.78, 5) is 34.5. The van der Waals surface area contributed by atoms with Gasteiger partial charge in [-0.3, -0.25) is 14.9 Å². The van der Waals surface area contributed by atoms with Crippen molar-refractivity contribution in [2.45, 2.75) is 4.90 Å². The minimum absolute atomic E-state index is 0.270. The zero-order chi connectivity index (χ0) is 18.4. The van der Waals surface area contributed by atoms with E-state index in [1.165, 1.54) is 11.8 Å². The molecule has 0 saturated heterocycles. The number of nitro benzene ring substituents is 1. The van der Waals surface area contributed by atoms with Crippen molar-refractivity contribution in [3.05, 3.63) is 64.0 Å². The van der Waals surface area contributed by atoms with E-state index in [0.29, 0.717) is 0 Å². The fourth-order valence-corrected chi connectivity index (χ4v) is 2.26. The number of rotatable bonds is 6. The molecule has 0 aliphatic carbocycles. The van der Waals surface area contributed by atoms with Crippen LogP contribution in [-0.4, -0.2) is 29.7 Å². The molecule has 9 heteroatoms. The molecule has 0 radical (unpaired) electrons. The number of hydrogen-bond acceptors (Lipinski definition) is 6. The number of anilines is 1. The maximum Gasteiger partial charge on any atom is 0.338 e. The Balaban J connectivity index is 1.95. The molecule has 1 N–H and O–H groups in total. The van der Waals surface area contributed by atoms with Crippen molar-refractivity contribution in [3.8, 4) is 0 Å². The first-order valence-electron chi connectivity index (χ1n) is 6.95. The van der Waals surface area contributed by atoms with Crippen LogP contribution in [0.25, 0.3) is 0 Å². The number of ether oxygens (including phenoxy) is 1. The Morgan fingerprint density at radius 1 is 1.24 bits per heavy atom. The number of nitro groups is 1. The van der Waals surface area contributed by atoms with E-state index >= 15 is 0 Å². The fourth-order valence-electron chi connectivity index (χ4n) is 1.85. The summed E-state index contributed by atoms with van der Waals surface area (Å²) >= 11 is 1.51. The topological polar surface area (TPSA) is 98.5 Å². The summed E-state index contributed by atoms with van der Waals surface area (Å²) in [5.74, 6) is -2.35. The molecule has 0 aliphatic heterocycles. The molecule has 0 saturated carbocycles. The predicted octanol–water partition coefficient (Wildman–Crippen LogP) is 3.25. The van der Waals surface area contributed by atoms with E-state index in [4.69, 9.17) is 4.74 Å². The van der Waals surface area contributed by atoms with Gasteiger partial charge < -0.3 is 10.1 Å². The summed E-state index contributed by atoms with van der Waals surface area (Å²) in [6.07, 6.45) is 1.89. The summed E-state index contributed by atoms with van der Waals surface area (Å²) in [6, 6.07) is 9.32. The summed E-state index contributed by atoms with van der Waals surface area (Å²) in [5.41, 5.74) is -0.464. The van der Waals surface area contributed by atoms with Gasteiger partial charge in [0.25, 0.3) is 11.6 Å². The van der Waals surface area contributed by atoms with E-state index < -0.39 is 29.2 Å². The molecule has 0 atom stereocenters. The van der Waals surface area contributed by atoms with Crippen LogP contribution >= 0.6 is 11.8 Å². The van der Waals surface area contributed by atoms with Crippen LogP contribution in [0.4, 0.5) is 15.8 Å². The van der Waals surface area contributed by atoms with Crippen molar-refractivity contribution in [2.24, 2.45) is 0 Å². The van der Waals surface area contributed by atoms with Crippen molar-refractivity contribution in [2.75, 3.05) is 18.2 Å². The van der Waals surface area contributed by atoms with Crippen LogP contribution in [-0.2, 0) is 9.53 Å². The van der Waals surface area contributed by atoms with Gasteiger partial charge in [-0.1, -0.05) is 0 Å². The summed E-state index contributed by atoms with van der Waals surface area (Å²) in [7, 11) is 0. The number of nitrogens with zero attached hydrogens (tertiary/aromatic N) is 1. The van der Waals surface area contributed by atoms with Gasteiger partial charge in [-0.05, 0) is 36.6 Å². The Labute approximate surface area is 146 Å². The Kier molecular flexibility index (Phi) is 6.07. The SMILES string of the molecule is CSc1ccc(C(=O)OCC(=O)Nc2cc([N+](=O)[O-])ccc2F)cc1. The molecule has 0 heterocycles. The number of non-ortho nitro benzene ring substituents is 1. The summed E-state index contributed by atoms with van der Waals surface area (Å²) < 4.78 is 18.4. The maximum atomic E-state index is 13.6. The third-order valence-electron chi connectivity index (χ3n) is 3.09. The van der Waals surface area contributed by atoms with Gasteiger partial charge in [0, 0.05) is 17.0 Å². The Hall–Kier alpha value is -2.94. The number of nitrogens with one attached hydrogen (secondary N) is 1. The smallest absolute Gasteiger partial charge is 0.338 e. The standard InChI is InChI=1S/C16H13FN2O5S/c1-25-12-5-2-10(3-6-12)16(21)24-9-15(20)18-14-8-11(19(22)23)4-7-13(14)17/h2-8H,9H2,1H3,(H,18,20). The Morgan fingerprint density at radius 2 is 1.92 bits per heavy atom. The molecular weight excluding hydrogens is 351 g/mol. The fraction of sp³-hybridized carbons (Fsp3) is 0.125. The van der Waals surface area contributed by atoms with Crippen molar-refractivity contribution in [3.63, 3.8) is 0 Å². The van der Waals surface area contributed by atoms with Gasteiger partial charge in [0.2, 0.25) is 0 Å². The Morgan fingerprint density at radius 3 is 2.52 bits per heavy atom. The van der Waals surface area contributed by atoms with E-state index in [0.717, 1.165) is 23.1 Å². The van der Waals surface area contributed by atoms with Crippen LogP contribution in [0, 0.1) is 15.9 Å². The van der Waals surface area contributed by atoms with Crippen LogP contribution in [0.3, 0.4) is 0 Å². The van der Waals surface area contributed by atoms with E-state index in [-0.39, 0.29) is 16.9 Å². The highest BCUT2D eigenvalue weighted by Crippen LogP contribution is 2.21. The molecule has 0 aromatic heterocycles. The second-order valence-electron chi connectivity index (χ2n) is 4.77. The molecule has 2 aromatic carbocycles. The second kappa shape index (κ2) is 8.25. The van der Waals surface area contributed by atoms with Crippen molar-refractivity contribution >= 4 is 35.0 Å². The number of thioether (sulfide) groups is 1. The number of benzene rings is 2. The van der Waals surface area contributed by atoms with Gasteiger partial charge in [0.1, 0.15) is 5.82 Å². The van der Waals surface area contributed by atoms with Gasteiger partial charge in [-0.25, -0.2) is 9.18 Å². The predicted molar refractivity (Wildman–Crippen MR) is 90.2 cm³/mol. The normalized spacial score (nSPS) is 10.2. The van der Waals surface area contributed by atoms with Crippen molar-refractivity contribution in [1.82, 2.24) is 0 Å². The third-order valence-corrected chi connectivity index (χ3v) is 3.84. The number of carbonyl (C=O) groups is 2. The first-order chi connectivity index (χ1) is 11.9. The van der Waals surface area contributed by atoms with Gasteiger partial charge in [0.05, 0.1) is 16.2 Å². The highest BCUT2D eigenvalue weighted by molar-refractivity contribution is 7.98. The minimum Gasteiger partial charge on any atom is -0.452 e. The van der Waals surface area contributed by atoms with Crippen LogP contribution in [0.1, 0.15) is 10.4 Å². The molecule has 2 aromatic rings. The molecule has 7 nitrogen and oxygen atoms in total.